The number of aromatic nitrogens is 4. The standard InChI is InChI=1S/C18H21ClN6O/c1-10-13(12(3)25-18(22-10)23-17(20)24-25)8-9-16(26)21-11(2)14-6-4-5-7-15(14)19/h4-7,11H,8-9H2,1-3H3,(H2,20,24)(H,21,26)/t11-/m0/s1. The second kappa shape index (κ2) is 7.29. The number of fused-ring (bicyclic) bond motifs is 1. The first-order valence-electron chi connectivity index (χ1n) is 8.39. The number of carbonyl (C=O) groups excluding carboxylic acids is 1. The maximum atomic E-state index is 12.4. The first-order valence-corrected chi connectivity index (χ1v) is 8.76. The van der Waals surface area contributed by atoms with E-state index in [4.69, 9.17) is 17.3 Å². The zero-order chi connectivity index (χ0) is 18.8. The fourth-order valence-electron chi connectivity index (χ4n) is 3.04. The van der Waals surface area contributed by atoms with Crippen molar-refractivity contribution in [3.05, 3.63) is 51.8 Å². The minimum absolute atomic E-state index is 0.0468. The van der Waals surface area contributed by atoms with Gasteiger partial charge in [-0.15, -0.1) is 5.10 Å². The van der Waals surface area contributed by atoms with Gasteiger partial charge in [0.15, 0.2) is 0 Å². The number of amides is 1. The monoisotopic (exact) mass is 372 g/mol. The second-order valence-corrected chi connectivity index (χ2v) is 6.66. The van der Waals surface area contributed by atoms with Gasteiger partial charge in [0.1, 0.15) is 0 Å². The van der Waals surface area contributed by atoms with Crippen LogP contribution in [-0.2, 0) is 11.2 Å². The highest BCUT2D eigenvalue weighted by Gasteiger charge is 2.16. The van der Waals surface area contributed by atoms with Gasteiger partial charge in [0.05, 0.1) is 6.04 Å². The number of nitrogens with zero attached hydrogens (tertiary/aromatic N) is 4. The van der Waals surface area contributed by atoms with E-state index in [0.29, 0.717) is 23.6 Å². The fourth-order valence-corrected chi connectivity index (χ4v) is 3.34. The molecule has 0 saturated heterocycles. The summed E-state index contributed by atoms with van der Waals surface area (Å²) in [4.78, 5) is 20.9. The van der Waals surface area contributed by atoms with Gasteiger partial charge in [-0.3, -0.25) is 4.79 Å². The van der Waals surface area contributed by atoms with E-state index < -0.39 is 0 Å². The van der Waals surface area contributed by atoms with Gasteiger partial charge >= 0.3 is 0 Å². The minimum atomic E-state index is -0.158. The summed E-state index contributed by atoms with van der Waals surface area (Å²) in [5, 5.41) is 7.78. The van der Waals surface area contributed by atoms with Crippen molar-refractivity contribution < 1.29 is 4.79 Å². The van der Waals surface area contributed by atoms with Gasteiger partial charge < -0.3 is 11.1 Å². The van der Waals surface area contributed by atoms with Gasteiger partial charge in [0, 0.05) is 22.8 Å². The van der Waals surface area contributed by atoms with Crippen LogP contribution in [0.15, 0.2) is 24.3 Å². The Hall–Kier alpha value is -2.67. The Morgan fingerprint density at radius 2 is 2.04 bits per heavy atom. The van der Waals surface area contributed by atoms with E-state index in [2.05, 4.69) is 20.4 Å². The maximum absolute atomic E-state index is 12.4. The molecule has 0 unspecified atom stereocenters. The molecule has 136 valence electrons. The lowest BCUT2D eigenvalue weighted by atomic mass is 10.1. The summed E-state index contributed by atoms with van der Waals surface area (Å²) >= 11 is 6.19. The summed E-state index contributed by atoms with van der Waals surface area (Å²) in [6, 6.07) is 7.34. The lowest BCUT2D eigenvalue weighted by Gasteiger charge is -2.16. The molecule has 26 heavy (non-hydrogen) atoms. The highest BCUT2D eigenvalue weighted by atomic mass is 35.5. The number of nitrogens with one attached hydrogen (secondary N) is 1. The Kier molecular flexibility index (Phi) is 5.08. The molecular weight excluding hydrogens is 352 g/mol. The zero-order valence-electron chi connectivity index (χ0n) is 15.0. The number of hydrogen-bond donors (Lipinski definition) is 2. The lowest BCUT2D eigenvalue weighted by Crippen LogP contribution is -2.27. The summed E-state index contributed by atoms with van der Waals surface area (Å²) in [5.41, 5.74) is 9.24. The Balaban J connectivity index is 1.70. The van der Waals surface area contributed by atoms with Crippen LogP contribution in [0.5, 0.6) is 0 Å². The summed E-state index contributed by atoms with van der Waals surface area (Å²) in [6.45, 7) is 5.74. The largest absolute Gasteiger partial charge is 0.366 e. The molecule has 0 radical (unpaired) electrons. The van der Waals surface area contributed by atoms with E-state index in [1.807, 2.05) is 45.0 Å². The number of hydrogen-bond acceptors (Lipinski definition) is 5. The first-order chi connectivity index (χ1) is 12.4. The van der Waals surface area contributed by atoms with Crippen LogP contribution in [0.2, 0.25) is 5.02 Å². The van der Waals surface area contributed by atoms with Gasteiger partial charge in [-0.25, -0.2) is 4.98 Å². The number of nitrogens with two attached hydrogens (primary N) is 1. The molecule has 2 aromatic heterocycles. The molecule has 0 aliphatic carbocycles. The summed E-state index contributed by atoms with van der Waals surface area (Å²) < 4.78 is 1.61. The van der Waals surface area contributed by atoms with E-state index in [-0.39, 0.29) is 17.9 Å². The lowest BCUT2D eigenvalue weighted by molar-refractivity contribution is -0.121. The van der Waals surface area contributed by atoms with Crippen molar-refractivity contribution in [2.45, 2.75) is 39.7 Å². The quantitative estimate of drug-likeness (QED) is 0.717. The van der Waals surface area contributed by atoms with Crippen LogP contribution in [0, 0.1) is 13.8 Å². The number of anilines is 1. The molecule has 7 nitrogen and oxygen atoms in total. The molecule has 1 aromatic carbocycles. The Morgan fingerprint density at radius 1 is 1.31 bits per heavy atom. The fraction of sp³-hybridized carbons (Fsp3) is 0.333. The SMILES string of the molecule is Cc1nc2nc(N)nn2c(C)c1CCC(=O)N[C@@H](C)c1ccccc1Cl. The van der Waals surface area contributed by atoms with Crippen LogP contribution in [0.1, 0.15) is 41.9 Å². The smallest absolute Gasteiger partial charge is 0.254 e. The number of halogens is 1. The van der Waals surface area contributed by atoms with E-state index in [9.17, 15) is 4.79 Å². The molecule has 0 saturated carbocycles. The third kappa shape index (κ3) is 3.62. The number of rotatable bonds is 5. The molecule has 0 fully saturated rings. The number of nitrogen functional groups attached to an aromatic ring is 1. The van der Waals surface area contributed by atoms with E-state index in [1.165, 1.54) is 0 Å². The highest BCUT2D eigenvalue weighted by molar-refractivity contribution is 6.31. The Labute approximate surface area is 156 Å². The molecular formula is C18H21ClN6O. The third-order valence-electron chi connectivity index (χ3n) is 4.42. The normalized spacial score (nSPS) is 12.3. The van der Waals surface area contributed by atoms with Crippen molar-refractivity contribution in [2.75, 3.05) is 5.73 Å². The van der Waals surface area contributed by atoms with Gasteiger partial charge in [-0.1, -0.05) is 29.8 Å². The highest BCUT2D eigenvalue weighted by Crippen LogP contribution is 2.22. The van der Waals surface area contributed by atoms with Crippen molar-refractivity contribution >= 4 is 29.2 Å². The summed E-state index contributed by atoms with van der Waals surface area (Å²) in [6.07, 6.45) is 0.898. The van der Waals surface area contributed by atoms with Crippen molar-refractivity contribution in [3.8, 4) is 0 Å². The molecule has 3 rings (SSSR count). The molecule has 0 aliphatic rings. The number of aryl methyl sites for hydroxylation is 2. The van der Waals surface area contributed by atoms with E-state index in [1.54, 1.807) is 4.52 Å². The summed E-state index contributed by atoms with van der Waals surface area (Å²) in [5.74, 6) is 0.607. The first kappa shape index (κ1) is 18.1. The van der Waals surface area contributed by atoms with Crippen molar-refractivity contribution in [1.82, 2.24) is 24.9 Å². The predicted octanol–water partition coefficient (Wildman–Crippen LogP) is 2.79. The third-order valence-corrected chi connectivity index (χ3v) is 4.76. The molecule has 0 bridgehead atoms. The van der Waals surface area contributed by atoms with Crippen LogP contribution >= 0.6 is 11.6 Å². The molecule has 0 aliphatic heterocycles. The minimum Gasteiger partial charge on any atom is -0.366 e. The van der Waals surface area contributed by atoms with Gasteiger partial charge in [-0.2, -0.15) is 9.50 Å². The van der Waals surface area contributed by atoms with E-state index >= 15 is 0 Å². The summed E-state index contributed by atoms with van der Waals surface area (Å²) in [7, 11) is 0. The van der Waals surface area contributed by atoms with Crippen LogP contribution in [-0.4, -0.2) is 25.5 Å². The molecule has 0 spiro atoms. The van der Waals surface area contributed by atoms with Gasteiger partial charge in [-0.05, 0) is 44.4 Å². The Bertz CT molecular complexity index is 968. The van der Waals surface area contributed by atoms with Crippen molar-refractivity contribution in [1.29, 1.82) is 0 Å². The van der Waals surface area contributed by atoms with Crippen LogP contribution in [0.3, 0.4) is 0 Å². The predicted molar refractivity (Wildman–Crippen MR) is 101 cm³/mol. The number of carbonyl (C=O) groups is 1. The molecule has 8 heteroatoms. The molecule has 3 N–H and O–H groups in total. The van der Waals surface area contributed by atoms with Gasteiger partial charge in [0.2, 0.25) is 11.9 Å². The number of benzene rings is 1. The molecule has 1 amide bonds. The van der Waals surface area contributed by atoms with E-state index in [0.717, 1.165) is 22.5 Å². The van der Waals surface area contributed by atoms with Crippen LogP contribution in [0.4, 0.5) is 5.95 Å². The van der Waals surface area contributed by atoms with Crippen molar-refractivity contribution in [3.63, 3.8) is 0 Å². The average molecular weight is 373 g/mol. The molecule has 2 heterocycles. The second-order valence-electron chi connectivity index (χ2n) is 6.25. The van der Waals surface area contributed by atoms with Gasteiger partial charge in [0.25, 0.3) is 5.78 Å². The van der Waals surface area contributed by atoms with Crippen LogP contribution < -0.4 is 11.1 Å². The maximum Gasteiger partial charge on any atom is 0.254 e. The molecule has 3 aromatic rings. The average Bonchev–Trinajstić information content (AvgIpc) is 2.95. The molecule has 1 atom stereocenters. The van der Waals surface area contributed by atoms with Crippen molar-refractivity contribution in [2.24, 2.45) is 0 Å². The van der Waals surface area contributed by atoms with Crippen LogP contribution in [0.25, 0.3) is 5.78 Å². The zero-order valence-corrected chi connectivity index (χ0v) is 15.7. The topological polar surface area (TPSA) is 98.2 Å². The Morgan fingerprint density at radius 3 is 2.77 bits per heavy atom.